The Hall–Kier alpha value is -1.90. The number of benzene rings is 1. The van der Waals surface area contributed by atoms with E-state index in [0.29, 0.717) is 6.42 Å². The van der Waals surface area contributed by atoms with E-state index in [-0.39, 0.29) is 42.0 Å². The van der Waals surface area contributed by atoms with Gasteiger partial charge < -0.3 is 57.1 Å². The number of ether oxygens (including phenoxy) is 7. The third kappa shape index (κ3) is 15.2. The van der Waals surface area contributed by atoms with Gasteiger partial charge in [-0.05, 0) is 139 Å². The number of likely N-dealkylation sites (N-methyl/N-ethyl adjacent to an activating group) is 1. The summed E-state index contributed by atoms with van der Waals surface area (Å²) in [7, 11) is -1.27. The van der Waals surface area contributed by atoms with Crippen molar-refractivity contribution < 1.29 is 65.4 Å². The Morgan fingerprint density at radius 2 is 1.39 bits per heavy atom. The van der Waals surface area contributed by atoms with Crippen LogP contribution < -0.4 is 4.83 Å². The summed E-state index contributed by atoms with van der Waals surface area (Å²) >= 11 is 0. The van der Waals surface area contributed by atoms with Crippen LogP contribution in [0, 0.1) is 30.6 Å². The maximum atomic E-state index is 14.9. The average Bonchev–Trinajstić information content (AvgIpc) is 3.26. The van der Waals surface area contributed by atoms with Gasteiger partial charge in [0, 0.05) is 44.2 Å². The number of cyclic esters (lactones) is 1. The Balaban J connectivity index is 2.00. The van der Waals surface area contributed by atoms with Gasteiger partial charge >= 0.3 is 5.97 Å². The van der Waals surface area contributed by atoms with Crippen molar-refractivity contribution in [2.24, 2.45) is 28.8 Å². The van der Waals surface area contributed by atoms with Crippen LogP contribution in [0.2, 0.25) is 39.3 Å². The zero-order valence-corrected chi connectivity index (χ0v) is 49.7. The Morgan fingerprint density at radius 3 is 1.92 bits per heavy atom. The zero-order valence-electron chi connectivity index (χ0n) is 46.9. The van der Waals surface area contributed by atoms with Gasteiger partial charge in [-0.25, -0.2) is 4.83 Å². The molecule has 0 bridgehead atoms. The summed E-state index contributed by atoms with van der Waals surface area (Å²) in [6, 6.07) is 6.28. The van der Waals surface area contributed by atoms with Crippen molar-refractivity contribution in [3.63, 3.8) is 0 Å². The highest BCUT2D eigenvalue weighted by molar-refractivity contribution is 7.89. The number of nitrogens with zero attached hydrogens (tertiary/aromatic N) is 2. The quantitative estimate of drug-likeness (QED) is 0.0901. The molecule has 0 saturated carbocycles. The number of methoxy groups -OCH3 is 2. The van der Waals surface area contributed by atoms with Crippen LogP contribution in [0.5, 0.6) is 0 Å². The monoisotopic (exact) mass is 1060 g/mol. The van der Waals surface area contributed by atoms with E-state index in [1.807, 2.05) is 62.6 Å². The molecule has 0 aromatic heterocycles. The van der Waals surface area contributed by atoms with E-state index in [1.54, 1.807) is 47.1 Å². The minimum Gasteiger partial charge on any atom is -0.459 e. The van der Waals surface area contributed by atoms with Crippen molar-refractivity contribution in [2.75, 3.05) is 28.3 Å². The summed E-state index contributed by atoms with van der Waals surface area (Å²) in [4.78, 5) is 19.4. The van der Waals surface area contributed by atoms with Crippen molar-refractivity contribution in [3.05, 3.63) is 29.8 Å². The van der Waals surface area contributed by atoms with E-state index in [1.165, 1.54) is 19.1 Å². The van der Waals surface area contributed by atoms with Gasteiger partial charge in [-0.1, -0.05) is 45.4 Å². The number of aryl methyl sites for hydroxylation is 1. The van der Waals surface area contributed by atoms with E-state index in [2.05, 4.69) is 54.1 Å². The van der Waals surface area contributed by atoms with Crippen molar-refractivity contribution in [1.29, 1.82) is 0 Å². The maximum Gasteiger partial charge on any atom is 0.311 e. The van der Waals surface area contributed by atoms with Crippen LogP contribution in [0.15, 0.2) is 34.3 Å². The molecule has 1 aromatic rings. The first-order valence-corrected chi connectivity index (χ1v) is 33.9. The summed E-state index contributed by atoms with van der Waals surface area (Å²) in [6.45, 7) is 32.8. The molecule has 0 spiro atoms. The van der Waals surface area contributed by atoms with Gasteiger partial charge in [0.25, 0.3) is 10.0 Å². The number of carbonyl (C=O) groups is 1. The molecule has 17 nitrogen and oxygen atoms in total. The summed E-state index contributed by atoms with van der Waals surface area (Å²) < 4.78 is 88.5. The Labute approximate surface area is 429 Å². The normalized spacial score (nSPS) is 40.3. The molecule has 0 amide bonds. The summed E-state index contributed by atoms with van der Waals surface area (Å²) in [5, 5.41) is 29.2. The molecule has 20 heteroatoms. The predicted molar refractivity (Wildman–Crippen MR) is 279 cm³/mol. The van der Waals surface area contributed by atoms with Crippen LogP contribution in [-0.2, 0) is 56.8 Å². The van der Waals surface area contributed by atoms with Gasteiger partial charge in [0.2, 0.25) is 0 Å². The molecular formula is C51H93N3O14SSi2. The largest absolute Gasteiger partial charge is 0.459 e. The number of aliphatic hydroxyl groups is 2. The molecular weight excluding hydrogens is 967 g/mol. The van der Waals surface area contributed by atoms with Crippen LogP contribution in [0.4, 0.5) is 0 Å². The number of esters is 1. The van der Waals surface area contributed by atoms with Crippen LogP contribution in [0.1, 0.15) is 100 Å². The lowest BCUT2D eigenvalue weighted by molar-refractivity contribution is -0.316. The molecule has 0 unspecified atom stereocenters. The Bertz CT molecular complexity index is 2040. The van der Waals surface area contributed by atoms with Gasteiger partial charge in [-0.3, -0.25) is 4.79 Å². The number of hydrogen-bond donors (Lipinski definition) is 3. The third-order valence-electron chi connectivity index (χ3n) is 14.8. The molecule has 3 saturated heterocycles. The molecule has 1 aromatic carbocycles. The Kier molecular flexibility index (Phi) is 20.8. The molecule has 3 aliphatic rings. The molecule has 18 atom stereocenters. The SMILES string of the molecule is CC[C@H]1OC(=O)[C@H](C)[C@@H](O[C@H]2C[C@@](C)(OC)[C@@H](O[Si](C)(C)C)[C@H](C)O2)[C@H](C)[C@@H](O[C@H]2O[C@@H](C)C[C@@H](N(C)C)[C@@H]2O[Si](C)(C)C)[C@](C)(OC)C[C@@H](C)/C(=N/NS(=O)(=O)c2ccc(C)cc2)[C@H](C)[C@@H](O)[C@]1(C)O. The number of aliphatic hydroxyl groups excluding tert-OH is 1. The fourth-order valence-electron chi connectivity index (χ4n) is 10.8. The van der Waals surface area contributed by atoms with E-state index in [4.69, 9.17) is 42.0 Å². The maximum absolute atomic E-state index is 14.9. The summed E-state index contributed by atoms with van der Waals surface area (Å²) in [5.41, 5.74) is -3.07. The zero-order chi connectivity index (χ0) is 54.0. The number of carbonyl (C=O) groups excluding carboxylic acids is 1. The number of sulfonamides is 1. The minimum atomic E-state index is -4.20. The fourth-order valence-corrected chi connectivity index (χ4v) is 13.9. The van der Waals surface area contributed by atoms with Gasteiger partial charge in [0.05, 0.1) is 58.6 Å². The van der Waals surface area contributed by atoms with Crippen molar-refractivity contribution >= 4 is 38.3 Å². The van der Waals surface area contributed by atoms with Crippen LogP contribution in [0.25, 0.3) is 0 Å². The first-order valence-electron chi connectivity index (χ1n) is 25.6. The van der Waals surface area contributed by atoms with E-state index >= 15 is 0 Å². The molecule has 3 fully saturated rings. The van der Waals surface area contributed by atoms with Crippen molar-refractivity contribution in [1.82, 2.24) is 9.73 Å². The molecule has 410 valence electrons. The first kappa shape index (κ1) is 61.6. The van der Waals surface area contributed by atoms with E-state index in [9.17, 15) is 23.4 Å². The highest BCUT2D eigenvalue weighted by atomic mass is 32.2. The lowest BCUT2D eigenvalue weighted by Gasteiger charge is -2.51. The second-order valence-corrected chi connectivity index (χ2v) is 34.2. The molecule has 0 aliphatic carbocycles. The third-order valence-corrected chi connectivity index (χ3v) is 18.0. The number of nitrogens with one attached hydrogen (secondary N) is 1. The van der Waals surface area contributed by atoms with Crippen molar-refractivity contribution in [2.45, 2.75) is 230 Å². The predicted octanol–water partition coefficient (Wildman–Crippen LogP) is 7.23. The molecule has 4 rings (SSSR count). The van der Waals surface area contributed by atoms with E-state index < -0.39 is 128 Å². The van der Waals surface area contributed by atoms with Gasteiger partial charge in [0.1, 0.15) is 17.8 Å². The second-order valence-electron chi connectivity index (χ2n) is 23.6. The van der Waals surface area contributed by atoms with Crippen molar-refractivity contribution in [3.8, 4) is 0 Å². The lowest BCUT2D eigenvalue weighted by atomic mass is 9.73. The highest BCUT2D eigenvalue weighted by Gasteiger charge is 2.55. The standard InChI is InChI=1S/C51H93N3O14SSi2/c1-22-39-51(11,57)44(55)33(5)41(52-53-69(58,59)37-25-23-30(2)24-26-37)31(3)28-49(9,60-14)45(66-48-43(67-70(16,17)18)38(54(12)13)27-32(4)62-48)34(6)42(35(7)47(56)64-39)65-40-29-50(10,61-15)46(36(8)63-40)68-71(19,20)21/h23-26,31-36,38-40,42-46,48,53,55,57H,22,27-29H2,1-21H3/b52-41-/t31-,32+,33+,34+,35-,36+,38-,39-,40+,42+,43+,44-,45-,46+,48-,49-,50-,51-/m1/s1. The first-order chi connectivity index (χ1) is 32.5. The fraction of sp³-hybridized carbons (Fsp3) is 0.843. The number of hydrazone groups is 1. The smallest absolute Gasteiger partial charge is 0.311 e. The summed E-state index contributed by atoms with van der Waals surface area (Å²) in [5.74, 6) is -4.05. The highest BCUT2D eigenvalue weighted by Crippen LogP contribution is 2.43. The van der Waals surface area contributed by atoms with Gasteiger partial charge in [-0.15, -0.1) is 0 Å². The van der Waals surface area contributed by atoms with Crippen LogP contribution in [0.3, 0.4) is 0 Å². The van der Waals surface area contributed by atoms with Crippen LogP contribution in [-0.4, -0.2) is 164 Å². The molecule has 71 heavy (non-hydrogen) atoms. The molecule has 3 aliphatic heterocycles. The molecule has 3 heterocycles. The molecule has 0 radical (unpaired) electrons. The number of hydrogen-bond acceptors (Lipinski definition) is 16. The van der Waals surface area contributed by atoms with Gasteiger partial charge in [0.15, 0.2) is 29.2 Å². The lowest BCUT2D eigenvalue weighted by Crippen LogP contribution is -2.63. The van der Waals surface area contributed by atoms with Gasteiger partial charge in [-0.2, -0.15) is 13.5 Å². The molecule has 3 N–H and O–H groups in total. The second kappa shape index (κ2) is 24.0. The van der Waals surface area contributed by atoms with E-state index in [0.717, 1.165) is 5.56 Å². The topological polar surface area (TPSA) is 202 Å². The summed E-state index contributed by atoms with van der Waals surface area (Å²) in [6.07, 6.45) is -7.02. The van der Waals surface area contributed by atoms with Crippen LogP contribution >= 0.6 is 0 Å². The Morgan fingerprint density at radius 1 is 0.831 bits per heavy atom. The number of rotatable bonds is 15. The average molecular weight is 1060 g/mol. The minimum absolute atomic E-state index is 0.00239.